The van der Waals surface area contributed by atoms with Gasteiger partial charge >= 0.3 is 5.97 Å². The highest BCUT2D eigenvalue weighted by Gasteiger charge is 2.29. The first-order valence-electron chi connectivity index (χ1n) is 5.68. The molecule has 0 aromatic carbocycles. The van der Waals surface area contributed by atoms with Gasteiger partial charge in [-0.3, -0.25) is 14.6 Å². The van der Waals surface area contributed by atoms with Gasteiger partial charge < -0.3 is 10.0 Å². The largest absolute Gasteiger partial charge is 0.481 e. The van der Waals surface area contributed by atoms with Gasteiger partial charge in [-0.2, -0.15) is 0 Å². The zero-order valence-corrected chi connectivity index (χ0v) is 9.67. The van der Waals surface area contributed by atoms with Crippen molar-refractivity contribution in [3.8, 4) is 0 Å². The molecule has 2 heterocycles. The second kappa shape index (κ2) is 5.12. The van der Waals surface area contributed by atoms with E-state index in [1.54, 1.807) is 0 Å². The van der Waals surface area contributed by atoms with Gasteiger partial charge in [0.25, 0.3) is 5.91 Å². The Morgan fingerprint density at radius 1 is 1.56 bits per heavy atom. The number of carbonyl (C=O) groups is 2. The molecule has 0 aliphatic carbocycles. The van der Waals surface area contributed by atoms with Gasteiger partial charge in [0.05, 0.1) is 11.8 Å². The molecule has 1 aromatic heterocycles. The van der Waals surface area contributed by atoms with E-state index in [4.69, 9.17) is 5.11 Å². The molecule has 6 heteroatoms. The fourth-order valence-electron chi connectivity index (χ4n) is 2.15. The van der Waals surface area contributed by atoms with E-state index in [9.17, 15) is 14.0 Å². The van der Waals surface area contributed by atoms with E-state index in [1.165, 1.54) is 17.2 Å². The van der Waals surface area contributed by atoms with Crippen LogP contribution < -0.4 is 0 Å². The molecule has 1 aliphatic heterocycles. The maximum Gasteiger partial charge on any atom is 0.303 e. The van der Waals surface area contributed by atoms with Crippen LogP contribution in [0.5, 0.6) is 0 Å². The summed E-state index contributed by atoms with van der Waals surface area (Å²) >= 11 is 0. The van der Waals surface area contributed by atoms with Crippen molar-refractivity contribution in [3.05, 3.63) is 29.8 Å². The van der Waals surface area contributed by atoms with Gasteiger partial charge in [0.2, 0.25) is 0 Å². The molecule has 96 valence electrons. The number of aromatic nitrogens is 1. The fourth-order valence-corrected chi connectivity index (χ4v) is 2.15. The fraction of sp³-hybridized carbons (Fsp3) is 0.417. The second-order valence-corrected chi connectivity index (χ2v) is 4.36. The Morgan fingerprint density at radius 3 is 3.00 bits per heavy atom. The Labute approximate surface area is 103 Å². The zero-order valence-electron chi connectivity index (χ0n) is 9.67. The van der Waals surface area contributed by atoms with E-state index >= 15 is 0 Å². The van der Waals surface area contributed by atoms with Gasteiger partial charge in [-0.25, -0.2) is 4.39 Å². The van der Waals surface area contributed by atoms with Gasteiger partial charge in [0.15, 0.2) is 5.82 Å². The van der Waals surface area contributed by atoms with Crippen LogP contribution in [0.3, 0.4) is 0 Å². The van der Waals surface area contributed by atoms with Crippen molar-refractivity contribution in [2.24, 2.45) is 5.92 Å². The van der Waals surface area contributed by atoms with Crippen LogP contribution in [0, 0.1) is 11.7 Å². The molecule has 0 radical (unpaired) electrons. The van der Waals surface area contributed by atoms with E-state index in [0.717, 1.165) is 6.20 Å². The number of likely N-dealkylation sites (tertiary alicyclic amines) is 1. The number of hydrogen-bond donors (Lipinski definition) is 1. The predicted molar refractivity (Wildman–Crippen MR) is 60.5 cm³/mol. The van der Waals surface area contributed by atoms with Gasteiger partial charge in [-0.1, -0.05) is 0 Å². The van der Waals surface area contributed by atoms with Crippen molar-refractivity contribution < 1.29 is 19.1 Å². The molecule has 1 atom stereocenters. The number of carboxylic acids is 1. The van der Waals surface area contributed by atoms with Crippen molar-refractivity contribution in [1.82, 2.24) is 9.88 Å². The molecule has 0 bridgehead atoms. The maximum atomic E-state index is 13.4. The van der Waals surface area contributed by atoms with Crippen LogP contribution >= 0.6 is 0 Å². The van der Waals surface area contributed by atoms with E-state index in [1.807, 2.05) is 0 Å². The molecule has 1 saturated heterocycles. The molecule has 2 rings (SSSR count). The number of carbonyl (C=O) groups excluding carboxylic acids is 1. The number of pyridine rings is 1. The lowest BCUT2D eigenvalue weighted by molar-refractivity contribution is -0.138. The van der Waals surface area contributed by atoms with Crippen molar-refractivity contribution >= 4 is 11.9 Å². The maximum absolute atomic E-state index is 13.4. The van der Waals surface area contributed by atoms with Gasteiger partial charge in [-0.15, -0.1) is 0 Å². The molecule has 18 heavy (non-hydrogen) atoms. The van der Waals surface area contributed by atoms with Crippen LogP contribution in [0.15, 0.2) is 18.5 Å². The normalized spacial score (nSPS) is 18.9. The topological polar surface area (TPSA) is 70.5 Å². The minimum absolute atomic E-state index is 0.0130. The molecule has 1 unspecified atom stereocenters. The summed E-state index contributed by atoms with van der Waals surface area (Å²) in [5.74, 6) is -1.97. The standard InChI is InChI=1S/C12H13FN2O3/c13-10-6-14-3-1-9(10)12(18)15-4-2-8(7-15)5-11(16)17/h1,3,6,8H,2,4-5,7H2,(H,16,17). The molecule has 1 fully saturated rings. The summed E-state index contributed by atoms with van der Waals surface area (Å²) in [6.45, 7) is 0.839. The summed E-state index contributed by atoms with van der Waals surface area (Å²) in [6, 6.07) is 1.34. The van der Waals surface area contributed by atoms with Crippen molar-refractivity contribution in [1.29, 1.82) is 0 Å². The van der Waals surface area contributed by atoms with Crippen molar-refractivity contribution in [2.75, 3.05) is 13.1 Å². The molecule has 0 spiro atoms. The van der Waals surface area contributed by atoms with E-state index in [-0.39, 0.29) is 17.9 Å². The smallest absolute Gasteiger partial charge is 0.303 e. The molecule has 1 N–H and O–H groups in total. The van der Waals surface area contributed by atoms with Gasteiger partial charge in [0, 0.05) is 25.7 Å². The van der Waals surface area contributed by atoms with Gasteiger partial charge in [-0.05, 0) is 18.4 Å². The lowest BCUT2D eigenvalue weighted by atomic mass is 10.1. The first-order chi connectivity index (χ1) is 8.58. The Hall–Kier alpha value is -1.98. The van der Waals surface area contributed by atoms with E-state index in [0.29, 0.717) is 19.5 Å². The van der Waals surface area contributed by atoms with Gasteiger partial charge in [0.1, 0.15) is 0 Å². The molecule has 0 saturated carbocycles. The molecular weight excluding hydrogens is 239 g/mol. The molecule has 1 aliphatic rings. The highest BCUT2D eigenvalue weighted by Crippen LogP contribution is 2.22. The lowest BCUT2D eigenvalue weighted by Gasteiger charge is -2.16. The first-order valence-corrected chi connectivity index (χ1v) is 5.68. The number of nitrogens with zero attached hydrogens (tertiary/aromatic N) is 2. The molecule has 1 aromatic rings. The molecular formula is C12H13FN2O3. The summed E-state index contributed by atoms with van der Waals surface area (Å²) < 4.78 is 13.4. The Bertz CT molecular complexity index is 478. The first kappa shape index (κ1) is 12.5. The number of carboxylic acid groups (broad SMARTS) is 1. The highest BCUT2D eigenvalue weighted by molar-refractivity contribution is 5.94. The Balaban J connectivity index is 2.04. The average Bonchev–Trinajstić information content (AvgIpc) is 2.76. The third-order valence-corrected chi connectivity index (χ3v) is 3.04. The third-order valence-electron chi connectivity index (χ3n) is 3.04. The summed E-state index contributed by atoms with van der Waals surface area (Å²) in [5.41, 5.74) is -0.0130. The number of amides is 1. The zero-order chi connectivity index (χ0) is 13.1. The summed E-state index contributed by atoms with van der Waals surface area (Å²) in [6.07, 6.45) is 3.05. The SMILES string of the molecule is O=C(O)CC1CCN(C(=O)c2ccncc2F)C1. The highest BCUT2D eigenvalue weighted by atomic mass is 19.1. The Morgan fingerprint density at radius 2 is 2.33 bits per heavy atom. The van der Waals surface area contributed by atoms with E-state index < -0.39 is 17.7 Å². The summed E-state index contributed by atoms with van der Waals surface area (Å²) in [4.78, 5) is 27.7. The van der Waals surface area contributed by atoms with Crippen LogP contribution in [0.1, 0.15) is 23.2 Å². The third kappa shape index (κ3) is 2.64. The summed E-state index contributed by atoms with van der Waals surface area (Å²) in [7, 11) is 0. The quantitative estimate of drug-likeness (QED) is 0.876. The summed E-state index contributed by atoms with van der Waals surface area (Å²) in [5, 5.41) is 8.69. The average molecular weight is 252 g/mol. The van der Waals surface area contributed by atoms with Crippen LogP contribution in [0.2, 0.25) is 0 Å². The van der Waals surface area contributed by atoms with Crippen molar-refractivity contribution in [2.45, 2.75) is 12.8 Å². The predicted octanol–water partition coefficient (Wildman–Crippen LogP) is 1.16. The second-order valence-electron chi connectivity index (χ2n) is 4.36. The lowest BCUT2D eigenvalue weighted by Crippen LogP contribution is -2.29. The number of rotatable bonds is 3. The molecule has 1 amide bonds. The van der Waals surface area contributed by atoms with Crippen LogP contribution in [0.4, 0.5) is 4.39 Å². The number of aliphatic carboxylic acids is 1. The number of hydrogen-bond acceptors (Lipinski definition) is 3. The minimum Gasteiger partial charge on any atom is -0.481 e. The number of halogens is 1. The monoisotopic (exact) mass is 252 g/mol. The van der Waals surface area contributed by atoms with E-state index in [2.05, 4.69) is 4.98 Å². The molecule has 5 nitrogen and oxygen atoms in total. The van der Waals surface area contributed by atoms with Crippen LogP contribution in [-0.2, 0) is 4.79 Å². The van der Waals surface area contributed by atoms with Crippen LogP contribution in [0.25, 0.3) is 0 Å². The van der Waals surface area contributed by atoms with Crippen molar-refractivity contribution in [3.63, 3.8) is 0 Å². The van der Waals surface area contributed by atoms with Crippen LogP contribution in [-0.4, -0.2) is 40.0 Å². The minimum atomic E-state index is -0.871. The Kier molecular flexibility index (Phi) is 3.55.